The number of halogens is 2. The second-order valence-electron chi connectivity index (χ2n) is 7.46. The van der Waals surface area contributed by atoms with Gasteiger partial charge in [-0.2, -0.15) is 26.7 Å². The Bertz CT molecular complexity index is 1710. The van der Waals surface area contributed by atoms with Crippen molar-refractivity contribution in [2.75, 3.05) is 12.3 Å². The van der Waals surface area contributed by atoms with E-state index in [0.717, 1.165) is 14.6 Å². The number of nitrogen functional groups attached to an aromatic ring is 1. The zero-order valence-corrected chi connectivity index (χ0v) is 18.8. The maximum Gasteiger partial charge on any atom is 0.335 e. The van der Waals surface area contributed by atoms with E-state index in [-0.39, 0.29) is 43.8 Å². The van der Waals surface area contributed by atoms with E-state index in [0.29, 0.717) is 0 Å². The molecule has 1 aromatic carbocycles. The van der Waals surface area contributed by atoms with Gasteiger partial charge in [-0.25, -0.2) is 14.3 Å². The summed E-state index contributed by atoms with van der Waals surface area (Å²) in [5, 5.41) is 4.13. The lowest BCUT2D eigenvalue weighted by Crippen LogP contribution is -2.27. The van der Waals surface area contributed by atoms with Gasteiger partial charge >= 0.3 is 12.2 Å². The van der Waals surface area contributed by atoms with Crippen LogP contribution >= 0.6 is 0 Å². The number of rotatable bonds is 7. The predicted molar refractivity (Wildman–Crippen MR) is 118 cm³/mol. The molecule has 0 atom stereocenters. The molecule has 0 radical (unpaired) electrons. The fraction of sp³-hybridized carbons (Fsp3) is 0.200. The van der Waals surface area contributed by atoms with Crippen LogP contribution in [0.3, 0.4) is 0 Å². The van der Waals surface area contributed by atoms with Crippen LogP contribution < -0.4 is 11.4 Å². The van der Waals surface area contributed by atoms with Crippen LogP contribution in [0.15, 0.2) is 56.8 Å². The number of aryl methyl sites for hydroxylation is 1. The molecular weight excluding hydrogens is 488 g/mol. The highest BCUT2D eigenvalue weighted by Crippen LogP contribution is 2.26. The van der Waals surface area contributed by atoms with Gasteiger partial charge in [-0.3, -0.25) is 8.75 Å². The molecule has 0 saturated carbocycles. The molecule has 0 bridgehead atoms. The van der Waals surface area contributed by atoms with Crippen LogP contribution in [-0.4, -0.2) is 43.7 Å². The molecule has 4 heterocycles. The lowest BCUT2D eigenvalue weighted by Gasteiger charge is -2.07. The van der Waals surface area contributed by atoms with Crippen molar-refractivity contribution in [3.8, 4) is 11.6 Å². The molecule has 0 aliphatic rings. The molecule has 0 spiro atoms. The van der Waals surface area contributed by atoms with E-state index >= 15 is 0 Å². The molecule has 5 rings (SSSR count). The van der Waals surface area contributed by atoms with E-state index in [9.17, 15) is 22.0 Å². The number of alkyl halides is 2. The van der Waals surface area contributed by atoms with Crippen molar-refractivity contribution in [1.82, 2.24) is 28.7 Å². The average molecular weight is 505 g/mol. The number of nitrogens with two attached hydrogens (primary N) is 1. The van der Waals surface area contributed by atoms with E-state index in [1.165, 1.54) is 18.4 Å². The van der Waals surface area contributed by atoms with E-state index in [1.54, 1.807) is 31.2 Å². The highest BCUT2D eigenvalue weighted by Gasteiger charge is 2.27. The number of benzene rings is 1. The molecular formula is C20H17F2N7O5S. The second kappa shape index (κ2) is 8.28. The Balaban J connectivity index is 1.56. The highest BCUT2D eigenvalue weighted by atomic mass is 32.2. The molecule has 35 heavy (non-hydrogen) atoms. The summed E-state index contributed by atoms with van der Waals surface area (Å²) in [5.41, 5.74) is 4.97. The van der Waals surface area contributed by atoms with Crippen LogP contribution in [0.4, 0.5) is 14.7 Å². The molecule has 182 valence electrons. The lowest BCUT2D eigenvalue weighted by atomic mass is 10.2. The summed E-state index contributed by atoms with van der Waals surface area (Å²) in [7, 11) is -4.14. The molecule has 0 aliphatic heterocycles. The molecule has 5 aromatic rings. The molecule has 15 heteroatoms. The minimum absolute atomic E-state index is 0.0459. The molecule has 4 aromatic heterocycles. The molecule has 0 fully saturated rings. The van der Waals surface area contributed by atoms with Gasteiger partial charge < -0.3 is 10.2 Å². The molecule has 0 saturated heterocycles. The van der Waals surface area contributed by atoms with Gasteiger partial charge in [0.2, 0.25) is 11.8 Å². The quantitative estimate of drug-likeness (QED) is 0.328. The number of imidazole rings is 1. The Morgan fingerprint density at radius 1 is 1.14 bits per heavy atom. The van der Waals surface area contributed by atoms with Crippen molar-refractivity contribution in [2.24, 2.45) is 0 Å². The number of aromatic nitrogens is 6. The van der Waals surface area contributed by atoms with Crippen LogP contribution in [0.25, 0.3) is 28.4 Å². The van der Waals surface area contributed by atoms with Crippen molar-refractivity contribution in [1.29, 1.82) is 0 Å². The van der Waals surface area contributed by atoms with E-state index in [4.69, 9.17) is 14.3 Å². The van der Waals surface area contributed by atoms with Crippen LogP contribution in [0.1, 0.15) is 12.1 Å². The fourth-order valence-corrected chi connectivity index (χ4v) is 4.46. The zero-order valence-electron chi connectivity index (χ0n) is 18.0. The van der Waals surface area contributed by atoms with Gasteiger partial charge in [0, 0.05) is 0 Å². The zero-order chi connectivity index (χ0) is 24.9. The first-order valence-electron chi connectivity index (χ1n) is 10.1. The van der Waals surface area contributed by atoms with E-state index < -0.39 is 35.5 Å². The highest BCUT2D eigenvalue weighted by molar-refractivity contribution is 7.86. The molecule has 0 amide bonds. The first kappa shape index (κ1) is 22.7. The summed E-state index contributed by atoms with van der Waals surface area (Å²) in [6.07, 6.45) is 1.38. The van der Waals surface area contributed by atoms with Gasteiger partial charge in [-0.05, 0) is 31.2 Å². The maximum atomic E-state index is 13.9. The van der Waals surface area contributed by atoms with Crippen LogP contribution in [0.5, 0.6) is 0 Å². The standard InChI is InChI=1S/C20H17F2N7O5S/c1-11-4-6-12(7-5-11)35(31,32)34-10-8-27-16-14(28(18(21)22)20(27)30)17-24-15(13-3-2-9-33-13)26-29(17)19(23)25-16/h2-7,9,18H,8,10H2,1H3,(H2,23,25). The maximum absolute atomic E-state index is 13.9. The van der Waals surface area contributed by atoms with Gasteiger partial charge in [0.25, 0.3) is 10.1 Å². The molecule has 0 aliphatic carbocycles. The Hall–Kier alpha value is -4.11. The first-order valence-corrected chi connectivity index (χ1v) is 11.5. The second-order valence-corrected chi connectivity index (χ2v) is 9.08. The summed E-state index contributed by atoms with van der Waals surface area (Å²) in [4.78, 5) is 21.1. The van der Waals surface area contributed by atoms with Crippen molar-refractivity contribution >= 4 is 32.9 Å². The number of furan rings is 1. The summed E-state index contributed by atoms with van der Waals surface area (Å²) >= 11 is 0. The lowest BCUT2D eigenvalue weighted by molar-refractivity contribution is 0.0702. The summed E-state index contributed by atoms with van der Waals surface area (Å²) in [5.74, 6) is 0.0667. The molecule has 0 unspecified atom stereocenters. The third kappa shape index (κ3) is 3.83. The largest absolute Gasteiger partial charge is 0.461 e. The first-order chi connectivity index (χ1) is 16.7. The number of nitrogens with zero attached hydrogens (tertiary/aromatic N) is 6. The Labute approximate surface area is 195 Å². The number of hydrogen-bond donors (Lipinski definition) is 1. The van der Waals surface area contributed by atoms with Gasteiger partial charge in [0.05, 0.1) is 24.3 Å². The van der Waals surface area contributed by atoms with Gasteiger partial charge in [0.1, 0.15) is 5.52 Å². The monoisotopic (exact) mass is 505 g/mol. The van der Waals surface area contributed by atoms with Crippen LogP contribution in [-0.2, 0) is 20.8 Å². The number of anilines is 1. The topological polar surface area (TPSA) is 153 Å². The smallest absolute Gasteiger partial charge is 0.335 e. The minimum Gasteiger partial charge on any atom is -0.461 e. The minimum atomic E-state index is -4.14. The van der Waals surface area contributed by atoms with E-state index in [1.807, 2.05) is 0 Å². The predicted octanol–water partition coefficient (Wildman–Crippen LogP) is 2.19. The normalized spacial score (nSPS) is 12.3. The van der Waals surface area contributed by atoms with E-state index in [2.05, 4.69) is 15.1 Å². The number of hydrogen-bond acceptors (Lipinski definition) is 9. The number of fused-ring (bicyclic) bond motifs is 3. The average Bonchev–Trinajstić information content (AvgIpc) is 3.53. The molecule has 2 N–H and O–H groups in total. The Morgan fingerprint density at radius 3 is 2.54 bits per heavy atom. The van der Waals surface area contributed by atoms with Crippen LogP contribution in [0.2, 0.25) is 0 Å². The van der Waals surface area contributed by atoms with Crippen molar-refractivity contribution in [2.45, 2.75) is 24.9 Å². The van der Waals surface area contributed by atoms with Crippen molar-refractivity contribution in [3.63, 3.8) is 0 Å². The van der Waals surface area contributed by atoms with Gasteiger partial charge in [-0.1, -0.05) is 17.7 Å². The summed E-state index contributed by atoms with van der Waals surface area (Å²) < 4.78 is 65.1. The summed E-state index contributed by atoms with van der Waals surface area (Å²) in [6, 6.07) is 9.11. The Kier molecular flexibility index (Phi) is 5.36. The third-order valence-electron chi connectivity index (χ3n) is 5.20. The van der Waals surface area contributed by atoms with Gasteiger partial charge in [-0.15, -0.1) is 5.10 Å². The third-order valence-corrected chi connectivity index (χ3v) is 6.53. The molecule has 12 nitrogen and oxygen atoms in total. The SMILES string of the molecule is Cc1ccc(S(=O)(=O)OCCn2c(=O)n(C(F)F)c3c2nc(N)n2nc(-c4ccco4)nc32)cc1. The summed E-state index contributed by atoms with van der Waals surface area (Å²) in [6.45, 7) is -2.37. The fourth-order valence-electron chi connectivity index (χ4n) is 3.56. The van der Waals surface area contributed by atoms with Crippen molar-refractivity contribution < 1.29 is 25.8 Å². The van der Waals surface area contributed by atoms with Crippen molar-refractivity contribution in [3.05, 3.63) is 58.7 Å². The van der Waals surface area contributed by atoms with Gasteiger partial charge in [0.15, 0.2) is 17.1 Å². The van der Waals surface area contributed by atoms with Crippen LogP contribution in [0, 0.1) is 6.92 Å². The Morgan fingerprint density at radius 2 is 1.89 bits per heavy atom.